The highest BCUT2D eigenvalue weighted by Gasteiger charge is 2.34. The van der Waals surface area contributed by atoms with Crippen molar-refractivity contribution in [3.05, 3.63) is 86.5 Å². The number of carbonyl (C=O) groups is 1. The third kappa shape index (κ3) is 7.19. The Balaban J connectivity index is 1.67. The topological polar surface area (TPSA) is 165 Å². The van der Waals surface area contributed by atoms with Crippen LogP contribution in [0.1, 0.15) is 52.2 Å². The highest BCUT2D eigenvalue weighted by molar-refractivity contribution is 5.71. The number of carbonyl (C=O) groups excluding carboxylic acids is 1. The summed E-state index contributed by atoms with van der Waals surface area (Å²) in [6.07, 6.45) is 0.296. The first-order valence-corrected chi connectivity index (χ1v) is 16.2. The lowest BCUT2D eigenvalue weighted by molar-refractivity contribution is -0.140. The molecular weight excluding hydrogens is 678 g/mol. The molecule has 1 aromatic heterocycles. The number of hydrogen-bond acceptors (Lipinski definition) is 14. The molecule has 14 heteroatoms. The third-order valence-corrected chi connectivity index (χ3v) is 9.15. The molecule has 2 heterocycles. The minimum Gasteiger partial charge on any atom is -0.502 e. The first-order chi connectivity index (χ1) is 25.0. The van der Waals surface area contributed by atoms with Crippen molar-refractivity contribution in [1.82, 2.24) is 4.90 Å². The van der Waals surface area contributed by atoms with E-state index >= 15 is 0 Å². The van der Waals surface area contributed by atoms with Crippen LogP contribution in [0.3, 0.4) is 0 Å². The van der Waals surface area contributed by atoms with Gasteiger partial charge in [-0.05, 0) is 65.1 Å². The summed E-state index contributed by atoms with van der Waals surface area (Å²) >= 11 is 0. The van der Waals surface area contributed by atoms with Crippen LogP contribution >= 0.6 is 0 Å². The number of ether oxygens (including phenoxy) is 8. The van der Waals surface area contributed by atoms with Crippen molar-refractivity contribution >= 4 is 5.97 Å². The molecule has 14 nitrogen and oxygen atoms in total. The number of aromatic hydroxyl groups is 2. The van der Waals surface area contributed by atoms with Gasteiger partial charge in [-0.2, -0.15) is 0 Å². The Morgan fingerprint density at radius 1 is 0.750 bits per heavy atom. The molecule has 2 atom stereocenters. The minimum absolute atomic E-state index is 0.0504. The molecular formula is C38H43NO13. The van der Waals surface area contributed by atoms with E-state index in [1.54, 1.807) is 14.2 Å². The van der Waals surface area contributed by atoms with Crippen molar-refractivity contribution < 1.29 is 57.3 Å². The molecule has 0 radical (unpaired) electrons. The number of nitrogens with zero attached hydrogens (tertiary/aromatic N) is 1. The molecule has 0 unspecified atom stereocenters. The molecule has 4 aromatic rings. The normalized spacial score (nSPS) is 14.5. The van der Waals surface area contributed by atoms with Crippen molar-refractivity contribution in [1.29, 1.82) is 0 Å². The van der Waals surface area contributed by atoms with Gasteiger partial charge in [0.2, 0.25) is 22.7 Å². The Morgan fingerprint density at radius 3 is 1.87 bits per heavy atom. The molecule has 0 saturated heterocycles. The number of benzene rings is 3. The Hall–Kier alpha value is -5.76. The highest BCUT2D eigenvalue weighted by Crippen LogP contribution is 2.47. The number of fused-ring (bicyclic) bond motifs is 1. The first-order valence-electron chi connectivity index (χ1n) is 16.2. The molecule has 52 heavy (non-hydrogen) atoms. The standard InChI is InChI=1S/C38H43NO13/c1-44-27-11-20-9-10-39(34(24(20)17-28(27)45-2)22-14-31(48-5)38(51-8)32(15-22)49-6)19-23-16-26(40)35(42)37(52-23)25(18-33(41)50-7)21-12-29(46-3)36(43)30(13-21)47-4/h11-17,25,34,42-43H,9-10,18-19H2,1-8H3/t25-,34-/m1/s1. The molecule has 0 bridgehead atoms. The average Bonchev–Trinajstić information content (AvgIpc) is 3.16. The molecule has 5 rings (SSSR count). The van der Waals surface area contributed by atoms with Gasteiger partial charge in [0.15, 0.2) is 40.3 Å². The van der Waals surface area contributed by atoms with Crippen molar-refractivity contribution in [3.63, 3.8) is 0 Å². The summed E-state index contributed by atoms with van der Waals surface area (Å²) in [5.74, 6) is -0.00902. The van der Waals surface area contributed by atoms with Crippen LogP contribution in [0.4, 0.5) is 0 Å². The number of rotatable bonds is 14. The van der Waals surface area contributed by atoms with Crippen LogP contribution in [0, 0.1) is 0 Å². The number of phenolic OH excluding ortho intramolecular Hbond substituents is 1. The van der Waals surface area contributed by atoms with E-state index in [0.717, 1.165) is 16.7 Å². The van der Waals surface area contributed by atoms with E-state index in [4.69, 9.17) is 42.3 Å². The van der Waals surface area contributed by atoms with E-state index in [1.165, 1.54) is 60.9 Å². The Labute approximate surface area is 300 Å². The fourth-order valence-electron chi connectivity index (χ4n) is 6.61. The summed E-state index contributed by atoms with van der Waals surface area (Å²) in [7, 11) is 11.7. The van der Waals surface area contributed by atoms with E-state index in [9.17, 15) is 19.8 Å². The fraction of sp³-hybridized carbons (Fsp3) is 0.368. The summed E-state index contributed by atoms with van der Waals surface area (Å²) in [5.41, 5.74) is 2.36. The second-order valence-electron chi connectivity index (χ2n) is 11.9. The maximum Gasteiger partial charge on any atom is 0.306 e. The highest BCUT2D eigenvalue weighted by atomic mass is 16.5. The summed E-state index contributed by atoms with van der Waals surface area (Å²) in [6, 6.07) is 11.3. The van der Waals surface area contributed by atoms with Crippen LogP contribution in [0.2, 0.25) is 0 Å². The summed E-state index contributed by atoms with van der Waals surface area (Å²) in [6.45, 7) is 0.618. The van der Waals surface area contributed by atoms with Crippen LogP contribution in [0.25, 0.3) is 0 Å². The van der Waals surface area contributed by atoms with Crippen LogP contribution < -0.4 is 38.6 Å². The number of hydrogen-bond donors (Lipinski definition) is 2. The average molecular weight is 722 g/mol. The maximum atomic E-state index is 13.4. The molecule has 1 aliphatic heterocycles. The second kappa shape index (κ2) is 16.1. The molecule has 0 amide bonds. The predicted molar refractivity (Wildman–Crippen MR) is 188 cm³/mol. The number of phenols is 1. The molecule has 278 valence electrons. The monoisotopic (exact) mass is 721 g/mol. The molecule has 0 spiro atoms. The van der Waals surface area contributed by atoms with Crippen molar-refractivity contribution in [3.8, 4) is 51.7 Å². The van der Waals surface area contributed by atoms with Gasteiger partial charge in [-0.15, -0.1) is 0 Å². The lowest BCUT2D eigenvalue weighted by Gasteiger charge is -2.38. The molecule has 2 N–H and O–H groups in total. The maximum absolute atomic E-state index is 13.4. The first kappa shape index (κ1) is 37.5. The van der Waals surface area contributed by atoms with Gasteiger partial charge in [0, 0.05) is 12.6 Å². The van der Waals surface area contributed by atoms with E-state index in [0.29, 0.717) is 47.3 Å². The Bertz CT molecular complexity index is 1940. The van der Waals surface area contributed by atoms with E-state index in [2.05, 4.69) is 4.90 Å². The lowest BCUT2D eigenvalue weighted by atomic mass is 9.87. The largest absolute Gasteiger partial charge is 0.502 e. The number of methoxy groups -OCH3 is 8. The van der Waals surface area contributed by atoms with E-state index in [-0.39, 0.29) is 41.7 Å². The molecule has 0 fully saturated rings. The van der Waals surface area contributed by atoms with Crippen LogP contribution in [-0.4, -0.2) is 84.5 Å². The van der Waals surface area contributed by atoms with Gasteiger partial charge in [-0.3, -0.25) is 14.5 Å². The molecule has 0 aliphatic carbocycles. The Morgan fingerprint density at radius 2 is 1.33 bits per heavy atom. The SMILES string of the molecule is COC(=O)C[C@H](c1cc(OC)c(O)c(OC)c1)c1oc(CN2CCc3cc(OC)c(OC)cc3[C@H]2c2cc(OC)c(OC)c(OC)c2)cc(=O)c1O. The van der Waals surface area contributed by atoms with Gasteiger partial charge < -0.3 is 52.5 Å². The smallest absolute Gasteiger partial charge is 0.306 e. The number of esters is 1. The summed E-state index contributed by atoms with van der Waals surface area (Å²) < 4.78 is 50.3. The van der Waals surface area contributed by atoms with Gasteiger partial charge >= 0.3 is 5.97 Å². The van der Waals surface area contributed by atoms with Gasteiger partial charge in [-0.25, -0.2) is 0 Å². The zero-order valence-electron chi connectivity index (χ0n) is 30.4. The van der Waals surface area contributed by atoms with Gasteiger partial charge in [0.25, 0.3) is 0 Å². The van der Waals surface area contributed by atoms with Crippen molar-refractivity contribution in [2.75, 3.05) is 63.4 Å². The van der Waals surface area contributed by atoms with Crippen LogP contribution in [0.5, 0.6) is 51.7 Å². The van der Waals surface area contributed by atoms with E-state index < -0.39 is 29.1 Å². The van der Waals surface area contributed by atoms with Gasteiger partial charge in [0.05, 0.1) is 81.8 Å². The summed E-state index contributed by atoms with van der Waals surface area (Å²) in [5, 5.41) is 21.7. The second-order valence-corrected chi connectivity index (χ2v) is 11.9. The Kier molecular flexibility index (Phi) is 11.6. The lowest BCUT2D eigenvalue weighted by Crippen LogP contribution is -2.36. The molecule has 3 aromatic carbocycles. The molecule has 1 aliphatic rings. The van der Waals surface area contributed by atoms with Gasteiger partial charge in [0.1, 0.15) is 5.76 Å². The van der Waals surface area contributed by atoms with Gasteiger partial charge in [-0.1, -0.05) is 0 Å². The van der Waals surface area contributed by atoms with Crippen molar-refractivity contribution in [2.45, 2.75) is 31.3 Å². The fourth-order valence-corrected chi connectivity index (χ4v) is 6.61. The van der Waals surface area contributed by atoms with Crippen molar-refractivity contribution in [2.24, 2.45) is 0 Å². The zero-order valence-corrected chi connectivity index (χ0v) is 30.4. The van der Waals surface area contributed by atoms with E-state index in [1.807, 2.05) is 24.3 Å². The molecule has 0 saturated carbocycles. The quantitative estimate of drug-likeness (QED) is 0.168. The zero-order chi connectivity index (χ0) is 37.7. The summed E-state index contributed by atoms with van der Waals surface area (Å²) in [4.78, 5) is 28.2. The van der Waals surface area contributed by atoms with Crippen LogP contribution in [-0.2, 0) is 22.5 Å². The minimum atomic E-state index is -1.03. The van der Waals surface area contributed by atoms with Crippen LogP contribution in [0.15, 0.2) is 51.7 Å². The predicted octanol–water partition coefficient (Wildman–Crippen LogP) is 4.95. The third-order valence-electron chi connectivity index (χ3n) is 9.15.